The Hall–Kier alpha value is -1.46. The number of fused-ring (bicyclic) bond motifs is 1. The fourth-order valence-electron chi connectivity index (χ4n) is 2.93. The average Bonchev–Trinajstić information content (AvgIpc) is 2.99. The van der Waals surface area contributed by atoms with Gasteiger partial charge >= 0.3 is 0 Å². The maximum atomic E-state index is 12.1. The molecule has 1 aromatic rings. The van der Waals surface area contributed by atoms with Crippen molar-refractivity contribution in [3.05, 3.63) is 30.1 Å². The quantitative estimate of drug-likeness (QED) is 0.719. The Morgan fingerprint density at radius 3 is 3.00 bits per heavy atom. The summed E-state index contributed by atoms with van der Waals surface area (Å²) < 4.78 is 0. The third kappa shape index (κ3) is 2.23. The smallest absolute Gasteiger partial charge is 0.239 e. The van der Waals surface area contributed by atoms with Crippen molar-refractivity contribution in [2.24, 2.45) is 5.92 Å². The molecule has 1 aromatic heterocycles. The maximum absolute atomic E-state index is 12.1. The zero-order valence-corrected chi connectivity index (χ0v) is 10.2. The first-order valence-electron chi connectivity index (χ1n) is 6.52. The normalized spacial score (nSPS) is 30.1. The molecule has 3 unspecified atom stereocenters. The van der Waals surface area contributed by atoms with Gasteiger partial charge < -0.3 is 5.32 Å². The van der Waals surface area contributed by atoms with Crippen LogP contribution >= 0.6 is 0 Å². The summed E-state index contributed by atoms with van der Waals surface area (Å²) in [6.07, 6.45) is 7.01. The van der Waals surface area contributed by atoms with E-state index in [1.54, 1.807) is 12.4 Å². The highest BCUT2D eigenvalue weighted by atomic mass is 16.2. The highest BCUT2D eigenvalue weighted by molar-refractivity contribution is 5.82. The van der Waals surface area contributed by atoms with Crippen LogP contribution in [0, 0.1) is 5.92 Å². The van der Waals surface area contributed by atoms with Gasteiger partial charge in [0, 0.05) is 30.9 Å². The van der Waals surface area contributed by atoms with E-state index in [4.69, 9.17) is 0 Å². The van der Waals surface area contributed by atoms with Crippen molar-refractivity contribution in [3.8, 4) is 0 Å². The van der Waals surface area contributed by atoms with Gasteiger partial charge in [0.2, 0.25) is 5.91 Å². The van der Waals surface area contributed by atoms with Crippen molar-refractivity contribution in [1.82, 2.24) is 21.2 Å². The Morgan fingerprint density at radius 2 is 2.17 bits per heavy atom. The number of carbonyl (C=O) groups is 1. The van der Waals surface area contributed by atoms with Crippen LogP contribution in [0.2, 0.25) is 0 Å². The van der Waals surface area contributed by atoms with Gasteiger partial charge in [0.25, 0.3) is 0 Å². The van der Waals surface area contributed by atoms with Crippen LogP contribution in [-0.2, 0) is 11.3 Å². The number of nitrogens with zero attached hydrogens (tertiary/aromatic N) is 1. The highest BCUT2D eigenvalue weighted by Crippen LogP contribution is 2.31. The zero-order chi connectivity index (χ0) is 12.4. The molecule has 0 radical (unpaired) electrons. The number of hydrogen-bond donors (Lipinski definition) is 3. The first-order chi connectivity index (χ1) is 8.84. The Morgan fingerprint density at radius 1 is 1.33 bits per heavy atom. The van der Waals surface area contributed by atoms with Gasteiger partial charge in [-0.2, -0.15) is 0 Å². The van der Waals surface area contributed by atoms with E-state index in [1.807, 2.05) is 12.1 Å². The summed E-state index contributed by atoms with van der Waals surface area (Å²) in [6, 6.07) is 4.22. The molecular weight excluding hydrogens is 228 g/mol. The van der Waals surface area contributed by atoms with Crippen LogP contribution in [0.25, 0.3) is 0 Å². The molecule has 18 heavy (non-hydrogen) atoms. The van der Waals surface area contributed by atoms with Crippen LogP contribution in [0.3, 0.4) is 0 Å². The van der Waals surface area contributed by atoms with Gasteiger partial charge in [0.15, 0.2) is 0 Å². The van der Waals surface area contributed by atoms with Gasteiger partial charge in [-0.3, -0.25) is 15.2 Å². The van der Waals surface area contributed by atoms with Gasteiger partial charge in [-0.05, 0) is 30.5 Å². The summed E-state index contributed by atoms with van der Waals surface area (Å²) in [5, 5.41) is 2.98. The summed E-state index contributed by atoms with van der Waals surface area (Å²) in [7, 11) is 0. The first-order valence-corrected chi connectivity index (χ1v) is 6.52. The Bertz CT molecular complexity index is 422. The predicted molar refractivity (Wildman–Crippen MR) is 67.3 cm³/mol. The lowest BCUT2D eigenvalue weighted by Crippen LogP contribution is -2.45. The Balaban J connectivity index is 1.56. The minimum atomic E-state index is -0.0839. The molecule has 96 valence electrons. The standard InChI is InChI=1S/C13H18N4O/c18-13(15-8-9-4-6-14-7-5-9)12-10-2-1-3-11(10)16-17-12/h4-7,10-12,16-17H,1-3,8H2,(H,15,18). The van der Waals surface area contributed by atoms with Crippen molar-refractivity contribution >= 4 is 5.91 Å². The van der Waals surface area contributed by atoms with Crippen LogP contribution in [0.5, 0.6) is 0 Å². The van der Waals surface area contributed by atoms with Crippen molar-refractivity contribution in [1.29, 1.82) is 0 Å². The van der Waals surface area contributed by atoms with E-state index in [-0.39, 0.29) is 11.9 Å². The molecule has 1 saturated carbocycles. The van der Waals surface area contributed by atoms with Crippen LogP contribution in [0.15, 0.2) is 24.5 Å². The average molecular weight is 246 g/mol. The van der Waals surface area contributed by atoms with E-state index in [9.17, 15) is 4.79 Å². The number of amides is 1. The van der Waals surface area contributed by atoms with Crippen LogP contribution < -0.4 is 16.2 Å². The minimum Gasteiger partial charge on any atom is -0.351 e. The fourth-order valence-corrected chi connectivity index (χ4v) is 2.93. The van der Waals surface area contributed by atoms with Crippen molar-refractivity contribution in [2.75, 3.05) is 0 Å². The molecule has 1 amide bonds. The zero-order valence-electron chi connectivity index (χ0n) is 10.2. The van der Waals surface area contributed by atoms with E-state index in [0.29, 0.717) is 18.5 Å². The van der Waals surface area contributed by atoms with Gasteiger partial charge in [-0.1, -0.05) is 6.42 Å². The first kappa shape index (κ1) is 11.6. The SMILES string of the molecule is O=C(NCc1ccncc1)C1NNC2CCCC21. The monoisotopic (exact) mass is 246 g/mol. The second-order valence-corrected chi connectivity index (χ2v) is 5.04. The minimum absolute atomic E-state index is 0.0839. The summed E-state index contributed by atoms with van der Waals surface area (Å²) in [6.45, 7) is 0.566. The summed E-state index contributed by atoms with van der Waals surface area (Å²) in [5.41, 5.74) is 7.42. The highest BCUT2D eigenvalue weighted by Gasteiger charge is 2.42. The van der Waals surface area contributed by atoms with E-state index in [1.165, 1.54) is 12.8 Å². The summed E-state index contributed by atoms with van der Waals surface area (Å²) in [5.74, 6) is 0.538. The molecule has 2 aliphatic rings. The molecule has 1 saturated heterocycles. The Kier molecular flexibility index (Phi) is 3.25. The summed E-state index contributed by atoms with van der Waals surface area (Å²) >= 11 is 0. The molecule has 2 fully saturated rings. The van der Waals surface area contributed by atoms with Crippen molar-refractivity contribution < 1.29 is 4.79 Å². The molecule has 2 heterocycles. The lowest BCUT2D eigenvalue weighted by Gasteiger charge is -2.16. The Labute approximate surface area is 106 Å². The van der Waals surface area contributed by atoms with Crippen molar-refractivity contribution in [3.63, 3.8) is 0 Å². The molecule has 1 aliphatic carbocycles. The maximum Gasteiger partial charge on any atom is 0.239 e. The number of pyridine rings is 1. The van der Waals surface area contributed by atoms with Gasteiger partial charge in [0.05, 0.1) is 0 Å². The number of nitrogens with one attached hydrogen (secondary N) is 3. The van der Waals surface area contributed by atoms with Crippen LogP contribution in [0.1, 0.15) is 24.8 Å². The number of hydrazine groups is 1. The molecule has 3 rings (SSSR count). The van der Waals surface area contributed by atoms with E-state index >= 15 is 0 Å². The molecule has 0 bridgehead atoms. The third-order valence-corrected chi connectivity index (χ3v) is 3.92. The lowest BCUT2D eigenvalue weighted by molar-refractivity contribution is -0.123. The second kappa shape index (κ2) is 5.04. The van der Waals surface area contributed by atoms with E-state index in [0.717, 1.165) is 12.0 Å². The lowest BCUT2D eigenvalue weighted by atomic mass is 9.97. The van der Waals surface area contributed by atoms with Gasteiger partial charge in [-0.25, -0.2) is 5.43 Å². The largest absolute Gasteiger partial charge is 0.351 e. The molecule has 3 N–H and O–H groups in total. The van der Waals surface area contributed by atoms with Crippen molar-refractivity contribution in [2.45, 2.75) is 37.9 Å². The predicted octanol–water partition coefficient (Wildman–Crippen LogP) is 0.343. The molecule has 0 spiro atoms. The van der Waals surface area contributed by atoms with Gasteiger partial charge in [0.1, 0.15) is 6.04 Å². The molecular formula is C13H18N4O. The third-order valence-electron chi connectivity index (χ3n) is 3.92. The topological polar surface area (TPSA) is 66.0 Å². The number of hydrogen-bond acceptors (Lipinski definition) is 4. The molecule has 3 atom stereocenters. The summed E-state index contributed by atoms with van der Waals surface area (Å²) in [4.78, 5) is 16.1. The fraction of sp³-hybridized carbons (Fsp3) is 0.538. The van der Waals surface area contributed by atoms with E-state index < -0.39 is 0 Å². The number of aromatic nitrogens is 1. The second-order valence-electron chi connectivity index (χ2n) is 5.04. The molecule has 1 aliphatic heterocycles. The van der Waals surface area contributed by atoms with E-state index in [2.05, 4.69) is 21.2 Å². The van der Waals surface area contributed by atoms with Crippen LogP contribution in [0.4, 0.5) is 0 Å². The molecule has 0 aromatic carbocycles. The molecule has 5 nitrogen and oxygen atoms in total. The van der Waals surface area contributed by atoms with Crippen LogP contribution in [-0.4, -0.2) is 23.0 Å². The number of carbonyl (C=O) groups excluding carboxylic acids is 1. The van der Waals surface area contributed by atoms with Gasteiger partial charge in [-0.15, -0.1) is 0 Å². The molecule has 5 heteroatoms. The number of rotatable bonds is 3.